The Balaban J connectivity index is 2.13. The number of amides is 2. The molecule has 5 nitrogen and oxygen atoms in total. The summed E-state index contributed by atoms with van der Waals surface area (Å²) in [6.07, 6.45) is 3.42. The van der Waals surface area contributed by atoms with Crippen LogP contribution in [0.2, 0.25) is 0 Å². The minimum atomic E-state index is -0.323. The molecule has 0 aliphatic carbocycles. The van der Waals surface area contributed by atoms with Gasteiger partial charge < -0.3 is 10.6 Å². The van der Waals surface area contributed by atoms with Gasteiger partial charge in [-0.3, -0.25) is 14.6 Å². The van der Waals surface area contributed by atoms with Crippen molar-refractivity contribution >= 4 is 17.5 Å². The first-order chi connectivity index (χ1) is 12.0. The highest BCUT2D eigenvalue weighted by molar-refractivity contribution is 6.05. The molecule has 5 heteroatoms. The van der Waals surface area contributed by atoms with E-state index >= 15 is 0 Å². The van der Waals surface area contributed by atoms with E-state index in [2.05, 4.69) is 36.4 Å². The highest BCUT2D eigenvalue weighted by atomic mass is 16.2. The van der Waals surface area contributed by atoms with Crippen molar-refractivity contribution in [3.8, 4) is 0 Å². The highest BCUT2D eigenvalue weighted by Crippen LogP contribution is 2.24. The number of para-hydroxylation sites is 1. The number of hydrogen-bond donors (Lipinski definition) is 2. The van der Waals surface area contributed by atoms with Gasteiger partial charge in [0.25, 0.3) is 11.8 Å². The van der Waals surface area contributed by atoms with Crippen molar-refractivity contribution < 1.29 is 9.59 Å². The normalized spacial score (nSPS) is 10.6. The molecule has 0 atom stereocenters. The van der Waals surface area contributed by atoms with Gasteiger partial charge in [0.05, 0.1) is 0 Å². The van der Waals surface area contributed by atoms with Crippen molar-refractivity contribution in [3.05, 3.63) is 59.4 Å². The maximum atomic E-state index is 12.5. The average Bonchev–Trinajstić information content (AvgIpc) is 2.62. The summed E-state index contributed by atoms with van der Waals surface area (Å²) in [6.45, 7) is 6.84. The van der Waals surface area contributed by atoms with Crippen molar-refractivity contribution in [2.24, 2.45) is 0 Å². The number of unbranched alkanes of at least 4 members (excludes halogenated alkanes) is 1. The van der Waals surface area contributed by atoms with E-state index in [1.54, 1.807) is 6.07 Å². The molecule has 1 aromatic heterocycles. The minimum absolute atomic E-state index is 0.188. The molecule has 1 aromatic carbocycles. The number of anilines is 1. The Labute approximate surface area is 148 Å². The largest absolute Gasteiger partial charge is 0.352 e. The van der Waals surface area contributed by atoms with Crippen LogP contribution in [0.5, 0.6) is 0 Å². The first-order valence-electron chi connectivity index (χ1n) is 8.67. The molecule has 0 aliphatic heterocycles. The summed E-state index contributed by atoms with van der Waals surface area (Å²) in [7, 11) is 0. The van der Waals surface area contributed by atoms with Crippen molar-refractivity contribution in [3.63, 3.8) is 0 Å². The van der Waals surface area contributed by atoms with E-state index in [0.717, 1.165) is 24.1 Å². The summed E-state index contributed by atoms with van der Waals surface area (Å²) in [5.74, 6) is -0.219. The molecule has 0 spiro atoms. The number of hydrogen-bond acceptors (Lipinski definition) is 3. The summed E-state index contributed by atoms with van der Waals surface area (Å²) >= 11 is 0. The molecule has 2 aromatic rings. The number of carbonyl (C=O) groups is 2. The monoisotopic (exact) mass is 339 g/mol. The minimum Gasteiger partial charge on any atom is -0.352 e. The van der Waals surface area contributed by atoms with Gasteiger partial charge in [-0.25, -0.2) is 0 Å². The van der Waals surface area contributed by atoms with E-state index in [1.165, 1.54) is 12.3 Å². The van der Waals surface area contributed by atoms with E-state index < -0.39 is 0 Å². The number of benzene rings is 1. The maximum absolute atomic E-state index is 12.5. The fourth-order valence-electron chi connectivity index (χ4n) is 2.48. The van der Waals surface area contributed by atoms with Gasteiger partial charge in [-0.15, -0.1) is 0 Å². The van der Waals surface area contributed by atoms with Gasteiger partial charge in [-0.1, -0.05) is 45.4 Å². The van der Waals surface area contributed by atoms with Crippen molar-refractivity contribution in [2.75, 3.05) is 11.9 Å². The molecule has 0 saturated carbocycles. The van der Waals surface area contributed by atoms with Gasteiger partial charge in [0.1, 0.15) is 5.69 Å². The van der Waals surface area contributed by atoms with E-state index in [4.69, 9.17) is 0 Å². The second-order valence-electron chi connectivity index (χ2n) is 6.24. The molecule has 0 radical (unpaired) electrons. The summed E-state index contributed by atoms with van der Waals surface area (Å²) in [6, 6.07) is 10.8. The topological polar surface area (TPSA) is 71.1 Å². The second-order valence-corrected chi connectivity index (χ2v) is 6.24. The predicted octanol–water partition coefficient (Wildman–Crippen LogP) is 3.99. The number of aromatic nitrogens is 1. The van der Waals surface area contributed by atoms with E-state index in [-0.39, 0.29) is 17.5 Å². The van der Waals surface area contributed by atoms with Crippen molar-refractivity contribution in [1.29, 1.82) is 0 Å². The fraction of sp³-hybridized carbons (Fsp3) is 0.350. The van der Waals surface area contributed by atoms with Crippen LogP contribution in [0.3, 0.4) is 0 Å². The predicted molar refractivity (Wildman–Crippen MR) is 100.0 cm³/mol. The third kappa shape index (κ3) is 5.14. The highest BCUT2D eigenvalue weighted by Gasteiger charge is 2.14. The number of nitrogens with zero attached hydrogens (tertiary/aromatic N) is 1. The third-order valence-electron chi connectivity index (χ3n) is 3.90. The third-order valence-corrected chi connectivity index (χ3v) is 3.90. The molecule has 0 saturated heterocycles. The lowest BCUT2D eigenvalue weighted by molar-refractivity contribution is 0.0953. The number of rotatable bonds is 7. The average molecular weight is 339 g/mol. The van der Waals surface area contributed by atoms with Crippen LogP contribution in [0.15, 0.2) is 42.6 Å². The lowest BCUT2D eigenvalue weighted by Crippen LogP contribution is -2.25. The number of carbonyl (C=O) groups excluding carboxylic acids is 2. The Morgan fingerprint density at radius 3 is 2.60 bits per heavy atom. The molecule has 132 valence electrons. The van der Waals surface area contributed by atoms with E-state index in [9.17, 15) is 9.59 Å². The van der Waals surface area contributed by atoms with Gasteiger partial charge in [-0.05, 0) is 36.1 Å². The second kappa shape index (κ2) is 8.97. The molecular weight excluding hydrogens is 314 g/mol. The van der Waals surface area contributed by atoms with E-state index in [1.807, 2.05) is 24.3 Å². The zero-order valence-electron chi connectivity index (χ0n) is 15.0. The summed E-state index contributed by atoms with van der Waals surface area (Å²) in [5.41, 5.74) is 2.49. The molecule has 2 N–H and O–H groups in total. The first-order valence-corrected chi connectivity index (χ1v) is 8.67. The molecule has 0 fully saturated rings. The van der Waals surface area contributed by atoms with Gasteiger partial charge in [0, 0.05) is 24.0 Å². The maximum Gasteiger partial charge on any atom is 0.274 e. The van der Waals surface area contributed by atoms with Crippen LogP contribution in [0.1, 0.15) is 65.9 Å². The van der Waals surface area contributed by atoms with Crippen LogP contribution in [-0.4, -0.2) is 23.3 Å². The van der Waals surface area contributed by atoms with E-state index in [0.29, 0.717) is 18.0 Å². The van der Waals surface area contributed by atoms with Crippen molar-refractivity contribution in [1.82, 2.24) is 10.3 Å². The SMILES string of the molecule is CCCCNC(=O)c1ccnc(C(=O)Nc2ccccc2C(C)C)c1. The summed E-state index contributed by atoms with van der Waals surface area (Å²) in [5, 5.41) is 5.73. The van der Waals surface area contributed by atoms with Gasteiger partial charge in [0.2, 0.25) is 0 Å². The molecule has 0 unspecified atom stereocenters. The Morgan fingerprint density at radius 2 is 1.88 bits per heavy atom. The molecule has 2 amide bonds. The lowest BCUT2D eigenvalue weighted by Gasteiger charge is -2.13. The smallest absolute Gasteiger partial charge is 0.274 e. The molecule has 2 rings (SSSR count). The van der Waals surface area contributed by atoms with Crippen molar-refractivity contribution in [2.45, 2.75) is 39.5 Å². The standard InChI is InChI=1S/C20H25N3O2/c1-4-5-11-22-19(24)15-10-12-21-18(13-15)20(25)23-17-9-7-6-8-16(17)14(2)3/h6-10,12-14H,4-5,11H2,1-3H3,(H,22,24)(H,23,25). The molecule has 25 heavy (non-hydrogen) atoms. The Hall–Kier alpha value is -2.69. The van der Waals surface area contributed by atoms with Gasteiger partial charge in [0.15, 0.2) is 0 Å². The van der Waals surface area contributed by atoms with Crippen LogP contribution in [-0.2, 0) is 0 Å². The van der Waals surface area contributed by atoms with Gasteiger partial charge >= 0.3 is 0 Å². The van der Waals surface area contributed by atoms with Crippen LogP contribution in [0.4, 0.5) is 5.69 Å². The van der Waals surface area contributed by atoms with Crippen LogP contribution < -0.4 is 10.6 Å². The summed E-state index contributed by atoms with van der Waals surface area (Å²) < 4.78 is 0. The molecule has 0 aliphatic rings. The Bertz CT molecular complexity index is 741. The molecular formula is C20H25N3O2. The first kappa shape index (κ1) is 18.6. The van der Waals surface area contributed by atoms with Crippen LogP contribution in [0, 0.1) is 0 Å². The zero-order chi connectivity index (χ0) is 18.2. The van der Waals surface area contributed by atoms with Crippen LogP contribution in [0.25, 0.3) is 0 Å². The quantitative estimate of drug-likeness (QED) is 0.749. The zero-order valence-corrected chi connectivity index (χ0v) is 15.0. The summed E-state index contributed by atoms with van der Waals surface area (Å²) in [4.78, 5) is 28.7. The van der Waals surface area contributed by atoms with Crippen LogP contribution >= 0.6 is 0 Å². The number of nitrogens with one attached hydrogen (secondary N) is 2. The van der Waals surface area contributed by atoms with Gasteiger partial charge in [-0.2, -0.15) is 0 Å². The molecule has 0 bridgehead atoms. The number of pyridine rings is 1. The Kier molecular flexibility index (Phi) is 6.69. The Morgan fingerprint density at radius 1 is 1.12 bits per heavy atom. The molecule has 1 heterocycles. The fourth-order valence-corrected chi connectivity index (χ4v) is 2.48. The lowest BCUT2D eigenvalue weighted by atomic mass is 10.0.